The maximum atomic E-state index is 2.33. The minimum absolute atomic E-state index is 0.500. The van der Waals surface area contributed by atoms with Gasteiger partial charge in [0.2, 0.25) is 0 Å². The molecule has 2 aliphatic carbocycles. The Morgan fingerprint density at radius 1 is 0.760 bits per heavy atom. The molecule has 136 valence electrons. The predicted molar refractivity (Wildman–Crippen MR) is 111 cm³/mol. The molecule has 25 heavy (non-hydrogen) atoms. The highest BCUT2D eigenvalue weighted by atomic mass is 15.1. The summed E-state index contributed by atoms with van der Waals surface area (Å²) in [7, 11) is 4.29. The van der Waals surface area contributed by atoms with E-state index in [1.807, 2.05) is 0 Å². The Kier molecular flexibility index (Phi) is 5.66. The van der Waals surface area contributed by atoms with Crippen LogP contribution in [0.1, 0.15) is 55.4 Å². The Morgan fingerprint density at radius 3 is 1.68 bits per heavy atom. The maximum absolute atomic E-state index is 2.33. The van der Waals surface area contributed by atoms with Crippen LogP contribution in [0.4, 0.5) is 0 Å². The van der Waals surface area contributed by atoms with E-state index in [1.165, 1.54) is 50.3 Å². The van der Waals surface area contributed by atoms with E-state index >= 15 is 0 Å². The molecule has 2 aliphatic rings. The van der Waals surface area contributed by atoms with Crippen molar-refractivity contribution >= 4 is 0 Å². The molecule has 0 saturated heterocycles. The Bertz CT molecular complexity index is 760. The highest BCUT2D eigenvalue weighted by Crippen LogP contribution is 2.41. The van der Waals surface area contributed by atoms with Crippen molar-refractivity contribution in [2.24, 2.45) is 11.8 Å². The summed E-state index contributed by atoms with van der Waals surface area (Å²) in [6.07, 6.45) is 6.84. The van der Waals surface area contributed by atoms with Crippen molar-refractivity contribution in [1.29, 1.82) is 0 Å². The van der Waals surface area contributed by atoms with E-state index in [9.17, 15) is 0 Å². The largest absolute Gasteiger partial charge is 0.377 e. The molecule has 0 fully saturated rings. The van der Waals surface area contributed by atoms with Gasteiger partial charge < -0.3 is 4.90 Å². The molecule has 2 unspecified atom stereocenters. The van der Waals surface area contributed by atoms with E-state index in [0.717, 1.165) is 0 Å². The molecule has 0 heterocycles. The minimum atomic E-state index is 0.500. The van der Waals surface area contributed by atoms with Crippen molar-refractivity contribution in [1.82, 2.24) is 4.90 Å². The minimum Gasteiger partial charge on any atom is -0.377 e. The SMILES string of the molecule is CC1=C(C)C(C)C(/C=C/C=C(/C2=C(C)C(C)=C(C)C2C)N(C)C)=C1C. The molecule has 0 radical (unpaired) electrons. The Hall–Kier alpha value is -1.76. The van der Waals surface area contributed by atoms with Gasteiger partial charge in [0.05, 0.1) is 0 Å². The van der Waals surface area contributed by atoms with Gasteiger partial charge in [-0.25, -0.2) is 0 Å². The second kappa shape index (κ2) is 7.23. The topological polar surface area (TPSA) is 3.24 Å². The Labute approximate surface area is 155 Å². The van der Waals surface area contributed by atoms with Gasteiger partial charge in [-0.1, -0.05) is 37.1 Å². The van der Waals surface area contributed by atoms with Crippen LogP contribution in [-0.2, 0) is 0 Å². The molecule has 1 heteroatoms. The fourth-order valence-corrected chi connectivity index (χ4v) is 4.16. The number of hydrogen-bond acceptors (Lipinski definition) is 1. The molecule has 0 N–H and O–H groups in total. The van der Waals surface area contributed by atoms with Crippen LogP contribution in [0.3, 0.4) is 0 Å². The highest BCUT2D eigenvalue weighted by molar-refractivity contribution is 5.55. The number of nitrogens with zero attached hydrogens (tertiary/aromatic N) is 1. The van der Waals surface area contributed by atoms with Crippen LogP contribution in [-0.4, -0.2) is 19.0 Å². The average Bonchev–Trinajstić information content (AvgIpc) is 2.86. The standard InChI is InChI=1S/C24H35N/c1-14-15(2)19(6)22(18(14)5)12-11-13-23(25(9)10)24-20(7)16(3)17(4)21(24)8/h11-13,18,20H,1-10H3/b12-11+,23-13-. The van der Waals surface area contributed by atoms with Crippen LogP contribution >= 0.6 is 0 Å². The second-order valence-corrected chi connectivity index (χ2v) is 7.98. The maximum Gasteiger partial charge on any atom is 0.0402 e. The molecular formula is C24H35N. The fourth-order valence-electron chi connectivity index (χ4n) is 4.16. The van der Waals surface area contributed by atoms with Crippen molar-refractivity contribution in [3.63, 3.8) is 0 Å². The molecule has 1 nitrogen and oxygen atoms in total. The van der Waals surface area contributed by atoms with Crippen LogP contribution in [0.5, 0.6) is 0 Å². The summed E-state index contributed by atoms with van der Waals surface area (Å²) in [5.74, 6) is 1.03. The summed E-state index contributed by atoms with van der Waals surface area (Å²) in [6.45, 7) is 18.2. The van der Waals surface area contributed by atoms with E-state index < -0.39 is 0 Å². The molecule has 0 spiro atoms. The van der Waals surface area contributed by atoms with Gasteiger partial charge in [-0.2, -0.15) is 0 Å². The average molecular weight is 338 g/mol. The number of rotatable bonds is 4. The van der Waals surface area contributed by atoms with Crippen molar-refractivity contribution in [2.45, 2.75) is 55.4 Å². The van der Waals surface area contributed by atoms with Crippen molar-refractivity contribution in [3.8, 4) is 0 Å². The molecule has 2 atom stereocenters. The van der Waals surface area contributed by atoms with E-state index in [4.69, 9.17) is 0 Å². The number of hydrogen-bond donors (Lipinski definition) is 0. The summed E-state index contributed by atoms with van der Waals surface area (Å²) in [6, 6.07) is 0. The first kappa shape index (κ1) is 19.6. The van der Waals surface area contributed by atoms with Gasteiger partial charge in [-0.15, -0.1) is 0 Å². The lowest BCUT2D eigenvalue weighted by Gasteiger charge is -2.23. The smallest absolute Gasteiger partial charge is 0.0402 e. The molecule has 0 aromatic rings. The summed E-state index contributed by atoms with van der Waals surface area (Å²) in [4.78, 5) is 2.25. The monoisotopic (exact) mass is 337 g/mol. The van der Waals surface area contributed by atoms with Gasteiger partial charge in [-0.3, -0.25) is 0 Å². The summed E-state index contributed by atoms with van der Waals surface area (Å²) in [5.41, 5.74) is 13.1. The lowest BCUT2D eigenvalue weighted by atomic mass is 9.94. The molecule has 0 amide bonds. The first-order valence-electron chi connectivity index (χ1n) is 9.42. The Morgan fingerprint density at radius 2 is 1.28 bits per heavy atom. The third-order valence-electron chi connectivity index (χ3n) is 6.63. The first-order valence-corrected chi connectivity index (χ1v) is 9.42. The van der Waals surface area contributed by atoms with Crippen LogP contribution in [0.15, 0.2) is 68.5 Å². The summed E-state index contributed by atoms with van der Waals surface area (Å²) >= 11 is 0. The molecule has 0 aromatic carbocycles. The fraction of sp³-hybridized carbons (Fsp3) is 0.500. The van der Waals surface area contributed by atoms with Crippen molar-refractivity contribution in [3.05, 3.63) is 68.5 Å². The molecule has 2 rings (SSSR count). The Balaban J connectivity index is 2.36. The van der Waals surface area contributed by atoms with E-state index in [2.05, 4.69) is 92.6 Å². The molecule has 0 bridgehead atoms. The van der Waals surface area contributed by atoms with Crippen LogP contribution in [0.25, 0.3) is 0 Å². The van der Waals surface area contributed by atoms with Gasteiger partial charge in [-0.05, 0) is 81.1 Å². The lowest BCUT2D eigenvalue weighted by Crippen LogP contribution is -2.16. The van der Waals surface area contributed by atoms with Gasteiger partial charge in [0.15, 0.2) is 0 Å². The van der Waals surface area contributed by atoms with Gasteiger partial charge in [0, 0.05) is 31.6 Å². The summed E-state index contributed by atoms with van der Waals surface area (Å²) < 4.78 is 0. The molecule has 0 saturated carbocycles. The highest BCUT2D eigenvalue weighted by Gasteiger charge is 2.26. The van der Waals surface area contributed by atoms with Crippen LogP contribution in [0, 0.1) is 11.8 Å². The normalized spacial score (nSPS) is 25.4. The van der Waals surface area contributed by atoms with E-state index in [0.29, 0.717) is 11.8 Å². The first-order chi connectivity index (χ1) is 11.6. The van der Waals surface area contributed by atoms with Gasteiger partial charge >= 0.3 is 0 Å². The van der Waals surface area contributed by atoms with Gasteiger partial charge in [0.1, 0.15) is 0 Å². The number of likely N-dealkylation sites (N-methyl/N-ethyl adjacent to an activating group) is 1. The van der Waals surface area contributed by atoms with Gasteiger partial charge in [0.25, 0.3) is 0 Å². The third-order valence-corrected chi connectivity index (χ3v) is 6.63. The number of allylic oxidation sites excluding steroid dienone is 11. The predicted octanol–water partition coefficient (Wildman–Crippen LogP) is 6.59. The van der Waals surface area contributed by atoms with Crippen molar-refractivity contribution in [2.75, 3.05) is 14.1 Å². The van der Waals surface area contributed by atoms with Crippen LogP contribution in [0.2, 0.25) is 0 Å². The quantitative estimate of drug-likeness (QED) is 0.523. The molecule has 0 aliphatic heterocycles. The zero-order chi connectivity index (χ0) is 19.0. The summed E-state index contributed by atoms with van der Waals surface area (Å²) in [5, 5.41) is 0. The third kappa shape index (κ3) is 3.34. The van der Waals surface area contributed by atoms with Crippen molar-refractivity contribution < 1.29 is 0 Å². The molecular weight excluding hydrogens is 302 g/mol. The second-order valence-electron chi connectivity index (χ2n) is 7.98. The molecule has 0 aromatic heterocycles. The van der Waals surface area contributed by atoms with Crippen LogP contribution < -0.4 is 0 Å². The zero-order valence-corrected chi connectivity index (χ0v) is 17.8. The van der Waals surface area contributed by atoms with E-state index in [1.54, 1.807) is 0 Å². The van der Waals surface area contributed by atoms with E-state index in [-0.39, 0.29) is 0 Å². The zero-order valence-electron chi connectivity index (χ0n) is 17.8. The lowest BCUT2D eigenvalue weighted by molar-refractivity contribution is 0.509.